The number of carbonyl (C=O) groups excluding carboxylic acids is 1. The van der Waals surface area contributed by atoms with E-state index in [1.165, 1.54) is 5.56 Å². The van der Waals surface area contributed by atoms with Gasteiger partial charge in [0.2, 0.25) is 5.91 Å². The number of carbonyl (C=O) groups is 1. The summed E-state index contributed by atoms with van der Waals surface area (Å²) < 4.78 is 0. The minimum Gasteiger partial charge on any atom is -0.341 e. The van der Waals surface area contributed by atoms with Crippen LogP contribution < -0.4 is 0 Å². The van der Waals surface area contributed by atoms with Gasteiger partial charge in [-0.1, -0.05) is 24.3 Å². The molecule has 0 saturated carbocycles. The van der Waals surface area contributed by atoms with E-state index in [0.29, 0.717) is 19.5 Å². The average molecular weight is 228 g/mol. The van der Waals surface area contributed by atoms with Crippen molar-refractivity contribution in [3.8, 4) is 6.07 Å². The van der Waals surface area contributed by atoms with Crippen LogP contribution in [0.5, 0.6) is 0 Å². The molecule has 88 valence electrons. The lowest BCUT2D eigenvalue weighted by Crippen LogP contribution is -2.39. The molecular formula is C14H16N2O. The van der Waals surface area contributed by atoms with Gasteiger partial charge in [-0.3, -0.25) is 4.79 Å². The summed E-state index contributed by atoms with van der Waals surface area (Å²) in [6, 6.07) is 10.2. The molecule has 1 aromatic rings. The van der Waals surface area contributed by atoms with Gasteiger partial charge in [0, 0.05) is 13.1 Å². The minimum atomic E-state index is 0.0184. The maximum absolute atomic E-state index is 12.2. The van der Waals surface area contributed by atoms with Crippen LogP contribution in [-0.4, -0.2) is 23.9 Å². The molecule has 0 saturated heterocycles. The van der Waals surface area contributed by atoms with Crippen molar-refractivity contribution in [1.29, 1.82) is 5.26 Å². The largest absolute Gasteiger partial charge is 0.341 e. The van der Waals surface area contributed by atoms with E-state index >= 15 is 0 Å². The predicted octanol–water partition coefficient (Wildman–Crippen LogP) is 2.09. The number of hydrogen-bond acceptors (Lipinski definition) is 2. The van der Waals surface area contributed by atoms with Crippen molar-refractivity contribution >= 4 is 5.91 Å². The molecule has 1 aliphatic carbocycles. The van der Waals surface area contributed by atoms with Crippen LogP contribution in [0.25, 0.3) is 0 Å². The van der Waals surface area contributed by atoms with Crippen molar-refractivity contribution in [2.24, 2.45) is 0 Å². The molecule has 1 aromatic carbocycles. The Labute approximate surface area is 102 Å². The standard InChI is InChI=1S/C14H16N2O/c1-2-16(9-5-8-15)14(17)13-10-11-6-3-4-7-12(11)13/h3-4,6-7,13H,2,5,9-10H2,1H3. The van der Waals surface area contributed by atoms with Crippen LogP contribution in [0.1, 0.15) is 30.4 Å². The summed E-state index contributed by atoms with van der Waals surface area (Å²) in [5.74, 6) is 0.186. The molecular weight excluding hydrogens is 212 g/mol. The maximum Gasteiger partial charge on any atom is 0.230 e. The summed E-state index contributed by atoms with van der Waals surface area (Å²) in [6.45, 7) is 3.18. The normalized spacial score (nSPS) is 16.6. The molecule has 3 heteroatoms. The molecule has 1 unspecified atom stereocenters. The number of rotatable bonds is 4. The summed E-state index contributed by atoms with van der Waals surface area (Å²) in [5.41, 5.74) is 2.44. The lowest BCUT2D eigenvalue weighted by atomic mass is 9.77. The van der Waals surface area contributed by atoms with E-state index in [9.17, 15) is 4.79 Å². The van der Waals surface area contributed by atoms with Crippen LogP contribution in [0.4, 0.5) is 0 Å². The molecule has 0 spiro atoms. The third-order valence-electron chi connectivity index (χ3n) is 3.34. The Morgan fingerprint density at radius 3 is 2.94 bits per heavy atom. The Morgan fingerprint density at radius 1 is 1.53 bits per heavy atom. The van der Waals surface area contributed by atoms with Crippen molar-refractivity contribution in [2.45, 2.75) is 25.7 Å². The second-order valence-corrected chi connectivity index (χ2v) is 4.28. The quantitative estimate of drug-likeness (QED) is 0.792. The Kier molecular flexibility index (Phi) is 3.43. The fourth-order valence-corrected chi connectivity index (χ4v) is 2.31. The first-order valence-corrected chi connectivity index (χ1v) is 6.01. The van der Waals surface area contributed by atoms with Crippen molar-refractivity contribution in [2.75, 3.05) is 13.1 Å². The SMILES string of the molecule is CCN(CCC#N)C(=O)C1Cc2ccccc21. The highest BCUT2D eigenvalue weighted by Crippen LogP contribution is 2.36. The molecule has 3 nitrogen and oxygen atoms in total. The summed E-state index contributed by atoms with van der Waals surface area (Å²) in [7, 11) is 0. The first kappa shape index (κ1) is 11.7. The molecule has 0 fully saturated rings. The monoisotopic (exact) mass is 228 g/mol. The first-order chi connectivity index (χ1) is 8.27. The molecule has 0 heterocycles. The van der Waals surface area contributed by atoms with E-state index in [4.69, 9.17) is 5.26 Å². The fourth-order valence-electron chi connectivity index (χ4n) is 2.31. The lowest BCUT2D eigenvalue weighted by Gasteiger charge is -2.33. The van der Waals surface area contributed by atoms with Gasteiger partial charge in [-0.15, -0.1) is 0 Å². The van der Waals surface area contributed by atoms with Gasteiger partial charge < -0.3 is 4.90 Å². The summed E-state index contributed by atoms with van der Waals surface area (Å²) in [5, 5.41) is 8.57. The summed E-state index contributed by atoms with van der Waals surface area (Å²) >= 11 is 0. The number of amides is 1. The zero-order valence-electron chi connectivity index (χ0n) is 10.0. The number of hydrogen-bond donors (Lipinski definition) is 0. The molecule has 0 aromatic heterocycles. The highest BCUT2D eigenvalue weighted by atomic mass is 16.2. The highest BCUT2D eigenvalue weighted by Gasteiger charge is 2.33. The number of likely N-dealkylation sites (N-methyl/N-ethyl adjacent to an activating group) is 1. The van der Waals surface area contributed by atoms with Gasteiger partial charge in [-0.25, -0.2) is 0 Å². The van der Waals surface area contributed by atoms with Crippen LogP contribution in [0.15, 0.2) is 24.3 Å². The number of nitrogens with zero attached hydrogens (tertiary/aromatic N) is 2. The Bertz CT molecular complexity index is 462. The van der Waals surface area contributed by atoms with Crippen molar-refractivity contribution in [3.05, 3.63) is 35.4 Å². The van der Waals surface area contributed by atoms with Crippen LogP contribution in [-0.2, 0) is 11.2 Å². The zero-order valence-corrected chi connectivity index (χ0v) is 10.0. The van der Waals surface area contributed by atoms with Gasteiger partial charge >= 0.3 is 0 Å². The highest BCUT2D eigenvalue weighted by molar-refractivity contribution is 5.86. The molecule has 0 aliphatic heterocycles. The molecule has 1 atom stereocenters. The summed E-state index contributed by atoms with van der Waals surface area (Å²) in [6.07, 6.45) is 1.26. The van der Waals surface area contributed by atoms with E-state index in [0.717, 1.165) is 12.0 Å². The van der Waals surface area contributed by atoms with E-state index in [1.54, 1.807) is 4.90 Å². The van der Waals surface area contributed by atoms with Gasteiger partial charge in [-0.2, -0.15) is 5.26 Å². The number of benzene rings is 1. The average Bonchev–Trinajstić information content (AvgIpc) is 2.32. The van der Waals surface area contributed by atoms with Crippen molar-refractivity contribution < 1.29 is 4.79 Å². The smallest absolute Gasteiger partial charge is 0.230 e. The first-order valence-electron chi connectivity index (χ1n) is 6.01. The molecule has 1 aliphatic rings. The molecule has 0 bridgehead atoms. The van der Waals surface area contributed by atoms with Gasteiger partial charge in [0.25, 0.3) is 0 Å². The van der Waals surface area contributed by atoms with Crippen LogP contribution in [0.3, 0.4) is 0 Å². The van der Waals surface area contributed by atoms with Crippen LogP contribution in [0.2, 0.25) is 0 Å². The van der Waals surface area contributed by atoms with Crippen LogP contribution in [0, 0.1) is 11.3 Å². The lowest BCUT2D eigenvalue weighted by molar-refractivity contribution is -0.133. The van der Waals surface area contributed by atoms with E-state index in [2.05, 4.69) is 12.1 Å². The molecule has 0 radical (unpaired) electrons. The van der Waals surface area contributed by atoms with Crippen molar-refractivity contribution in [1.82, 2.24) is 4.90 Å². The van der Waals surface area contributed by atoms with Gasteiger partial charge in [0.1, 0.15) is 0 Å². The maximum atomic E-state index is 12.2. The Morgan fingerprint density at radius 2 is 2.29 bits per heavy atom. The third-order valence-corrected chi connectivity index (χ3v) is 3.34. The molecule has 1 amide bonds. The Balaban J connectivity index is 2.05. The number of nitriles is 1. The van der Waals surface area contributed by atoms with E-state index in [1.807, 2.05) is 25.1 Å². The minimum absolute atomic E-state index is 0.0184. The zero-order chi connectivity index (χ0) is 12.3. The Hall–Kier alpha value is -1.82. The third kappa shape index (κ3) is 2.16. The summed E-state index contributed by atoms with van der Waals surface area (Å²) in [4.78, 5) is 14.0. The van der Waals surface area contributed by atoms with E-state index in [-0.39, 0.29) is 11.8 Å². The second kappa shape index (κ2) is 5.01. The predicted molar refractivity (Wildman–Crippen MR) is 65.4 cm³/mol. The van der Waals surface area contributed by atoms with E-state index < -0.39 is 0 Å². The van der Waals surface area contributed by atoms with Gasteiger partial charge in [-0.05, 0) is 24.5 Å². The van der Waals surface area contributed by atoms with Crippen LogP contribution >= 0.6 is 0 Å². The molecule has 2 rings (SSSR count). The van der Waals surface area contributed by atoms with Crippen molar-refractivity contribution in [3.63, 3.8) is 0 Å². The van der Waals surface area contributed by atoms with Gasteiger partial charge in [0.05, 0.1) is 18.4 Å². The fraction of sp³-hybridized carbons (Fsp3) is 0.429. The van der Waals surface area contributed by atoms with Gasteiger partial charge in [0.15, 0.2) is 0 Å². The topological polar surface area (TPSA) is 44.1 Å². The second-order valence-electron chi connectivity index (χ2n) is 4.28. The molecule has 17 heavy (non-hydrogen) atoms. The molecule has 0 N–H and O–H groups in total. The number of fused-ring (bicyclic) bond motifs is 1.